The van der Waals surface area contributed by atoms with Crippen molar-refractivity contribution in [3.05, 3.63) is 71.9 Å². The van der Waals surface area contributed by atoms with Crippen LogP contribution in [0.5, 0.6) is 5.75 Å². The Hall–Kier alpha value is -3.55. The molecule has 144 valence electrons. The van der Waals surface area contributed by atoms with E-state index in [4.69, 9.17) is 4.42 Å². The average Bonchev–Trinajstić information content (AvgIpc) is 3.37. The summed E-state index contributed by atoms with van der Waals surface area (Å²) >= 11 is 0. The molecular formula is C20H20N4O4. The Bertz CT molecular complexity index is 980. The number of nitrogens with zero attached hydrogens (tertiary/aromatic N) is 3. The molecule has 1 atom stereocenters. The maximum absolute atomic E-state index is 12.9. The van der Waals surface area contributed by atoms with Crippen LogP contribution in [0.3, 0.4) is 0 Å². The van der Waals surface area contributed by atoms with Gasteiger partial charge in [0.25, 0.3) is 5.91 Å². The Morgan fingerprint density at radius 2 is 2.14 bits per heavy atom. The Morgan fingerprint density at radius 3 is 2.93 bits per heavy atom. The van der Waals surface area contributed by atoms with Crippen molar-refractivity contribution in [3.8, 4) is 5.75 Å². The van der Waals surface area contributed by atoms with Crippen LogP contribution in [0.4, 0.5) is 0 Å². The van der Waals surface area contributed by atoms with Gasteiger partial charge in [-0.15, -0.1) is 0 Å². The van der Waals surface area contributed by atoms with Gasteiger partial charge in [0.1, 0.15) is 11.5 Å². The first-order valence-corrected chi connectivity index (χ1v) is 9.00. The molecule has 8 nitrogen and oxygen atoms in total. The van der Waals surface area contributed by atoms with Crippen molar-refractivity contribution in [2.24, 2.45) is 0 Å². The van der Waals surface area contributed by atoms with Gasteiger partial charge < -0.3 is 19.7 Å². The second kappa shape index (κ2) is 7.59. The van der Waals surface area contributed by atoms with Gasteiger partial charge in [0, 0.05) is 18.3 Å². The number of hydrogen-bond donors (Lipinski definition) is 2. The first-order chi connectivity index (χ1) is 13.6. The summed E-state index contributed by atoms with van der Waals surface area (Å²) in [5, 5.41) is 16.8. The fourth-order valence-corrected chi connectivity index (χ4v) is 3.40. The monoisotopic (exact) mass is 380 g/mol. The minimum atomic E-state index is -0.267. The van der Waals surface area contributed by atoms with Gasteiger partial charge in [-0.05, 0) is 36.4 Å². The third-order valence-electron chi connectivity index (χ3n) is 4.72. The molecule has 28 heavy (non-hydrogen) atoms. The summed E-state index contributed by atoms with van der Waals surface area (Å²) in [6, 6.07) is 11.4. The molecule has 4 rings (SSSR count). The van der Waals surface area contributed by atoms with Crippen LogP contribution in [0.15, 0.2) is 59.3 Å². The van der Waals surface area contributed by atoms with Gasteiger partial charge in [-0.3, -0.25) is 14.3 Å². The molecular weight excluding hydrogens is 360 g/mol. The molecule has 0 radical (unpaired) electrons. The van der Waals surface area contributed by atoms with Gasteiger partial charge in [0.15, 0.2) is 0 Å². The van der Waals surface area contributed by atoms with Crippen molar-refractivity contribution < 1.29 is 19.1 Å². The Balaban J connectivity index is 1.46. The second-order valence-corrected chi connectivity index (χ2v) is 6.72. The molecule has 2 amide bonds. The highest BCUT2D eigenvalue weighted by molar-refractivity contribution is 5.94. The molecule has 0 saturated carbocycles. The summed E-state index contributed by atoms with van der Waals surface area (Å²) in [6.07, 6.45) is 3.42. The topological polar surface area (TPSA) is 101 Å². The van der Waals surface area contributed by atoms with Crippen molar-refractivity contribution in [2.45, 2.75) is 25.6 Å². The van der Waals surface area contributed by atoms with Crippen LogP contribution in [0.2, 0.25) is 0 Å². The largest absolute Gasteiger partial charge is 0.508 e. The zero-order valence-corrected chi connectivity index (χ0v) is 15.1. The number of nitrogens with one attached hydrogen (secondary N) is 1. The van der Waals surface area contributed by atoms with Gasteiger partial charge in [-0.1, -0.05) is 6.07 Å². The van der Waals surface area contributed by atoms with E-state index in [2.05, 4.69) is 10.4 Å². The lowest BCUT2D eigenvalue weighted by Gasteiger charge is -2.33. The summed E-state index contributed by atoms with van der Waals surface area (Å²) in [7, 11) is 0. The van der Waals surface area contributed by atoms with Crippen molar-refractivity contribution in [1.29, 1.82) is 0 Å². The van der Waals surface area contributed by atoms with E-state index in [1.54, 1.807) is 46.3 Å². The minimum absolute atomic E-state index is 0.0433. The first-order valence-electron chi connectivity index (χ1n) is 9.00. The van der Waals surface area contributed by atoms with Crippen molar-refractivity contribution in [3.63, 3.8) is 0 Å². The molecule has 0 fully saturated rings. The van der Waals surface area contributed by atoms with E-state index in [9.17, 15) is 14.7 Å². The van der Waals surface area contributed by atoms with E-state index in [-0.39, 0.29) is 30.0 Å². The Kier molecular flexibility index (Phi) is 4.84. The highest BCUT2D eigenvalue weighted by Crippen LogP contribution is 2.25. The predicted octanol–water partition coefficient (Wildman–Crippen LogP) is 2.09. The molecule has 0 saturated heterocycles. The van der Waals surface area contributed by atoms with Gasteiger partial charge in [0.2, 0.25) is 5.91 Å². The number of benzene rings is 1. The second-order valence-electron chi connectivity index (χ2n) is 6.72. The number of carbonyl (C=O) groups is 2. The van der Waals surface area contributed by atoms with E-state index >= 15 is 0 Å². The number of hydrogen-bond acceptors (Lipinski definition) is 5. The third-order valence-corrected chi connectivity index (χ3v) is 4.72. The fraction of sp³-hybridized carbons (Fsp3) is 0.250. The fourth-order valence-electron chi connectivity index (χ4n) is 3.40. The van der Waals surface area contributed by atoms with E-state index in [0.717, 1.165) is 5.69 Å². The van der Waals surface area contributed by atoms with E-state index < -0.39 is 0 Å². The molecule has 0 bridgehead atoms. The van der Waals surface area contributed by atoms with Crippen LogP contribution in [-0.4, -0.2) is 38.1 Å². The van der Waals surface area contributed by atoms with Crippen molar-refractivity contribution in [2.75, 3.05) is 6.54 Å². The molecule has 3 heterocycles. The summed E-state index contributed by atoms with van der Waals surface area (Å²) in [6.45, 7) is 1.08. The van der Waals surface area contributed by atoms with Gasteiger partial charge in [0.05, 0.1) is 37.5 Å². The smallest absolute Gasteiger partial charge is 0.254 e. The molecule has 2 N–H and O–H groups in total. The number of rotatable bonds is 5. The summed E-state index contributed by atoms with van der Waals surface area (Å²) in [4.78, 5) is 26.9. The van der Waals surface area contributed by atoms with Crippen molar-refractivity contribution in [1.82, 2.24) is 20.0 Å². The molecule has 1 aromatic carbocycles. The number of phenolic OH excluding ortho intramolecular Hbond substituents is 1. The van der Waals surface area contributed by atoms with Crippen LogP contribution < -0.4 is 5.32 Å². The predicted molar refractivity (Wildman–Crippen MR) is 99.3 cm³/mol. The highest BCUT2D eigenvalue weighted by atomic mass is 16.3. The van der Waals surface area contributed by atoms with Crippen LogP contribution in [0, 0.1) is 0 Å². The Morgan fingerprint density at radius 1 is 1.25 bits per heavy atom. The summed E-state index contributed by atoms with van der Waals surface area (Å²) in [5.74, 6) is 0.387. The molecule has 0 unspecified atom stereocenters. The maximum atomic E-state index is 12.9. The number of phenols is 1. The summed E-state index contributed by atoms with van der Waals surface area (Å²) in [5.41, 5.74) is 1.28. The lowest BCUT2D eigenvalue weighted by molar-refractivity contribution is -0.122. The van der Waals surface area contributed by atoms with E-state index in [1.807, 2.05) is 6.07 Å². The normalized spacial score (nSPS) is 15.9. The SMILES string of the molecule is O=C(C[C@@H]1CN(C(=O)c2cccc(O)c2)Cc2ccnn21)NCc1ccco1. The van der Waals surface area contributed by atoms with Crippen LogP contribution in [0.25, 0.3) is 0 Å². The first kappa shape index (κ1) is 17.8. The number of fused-ring (bicyclic) bond motifs is 1. The highest BCUT2D eigenvalue weighted by Gasteiger charge is 2.30. The molecule has 0 spiro atoms. The minimum Gasteiger partial charge on any atom is -0.508 e. The van der Waals surface area contributed by atoms with Crippen molar-refractivity contribution >= 4 is 11.8 Å². The van der Waals surface area contributed by atoms with E-state index in [0.29, 0.717) is 31.0 Å². The zero-order valence-electron chi connectivity index (χ0n) is 15.1. The number of furan rings is 1. The lowest BCUT2D eigenvalue weighted by Crippen LogP contribution is -2.42. The maximum Gasteiger partial charge on any atom is 0.254 e. The van der Waals surface area contributed by atoms with E-state index in [1.165, 1.54) is 12.1 Å². The number of aromatic hydroxyl groups is 1. The zero-order chi connectivity index (χ0) is 19.5. The Labute approximate surface area is 161 Å². The van der Waals surface area contributed by atoms with Crippen LogP contribution in [0.1, 0.15) is 34.3 Å². The molecule has 0 aliphatic carbocycles. The third kappa shape index (κ3) is 3.75. The van der Waals surface area contributed by atoms with Crippen LogP contribution >= 0.6 is 0 Å². The molecule has 3 aromatic rings. The van der Waals surface area contributed by atoms with Gasteiger partial charge in [-0.25, -0.2) is 0 Å². The average molecular weight is 380 g/mol. The molecule has 1 aliphatic heterocycles. The van der Waals surface area contributed by atoms with Gasteiger partial charge in [-0.2, -0.15) is 5.10 Å². The van der Waals surface area contributed by atoms with Gasteiger partial charge >= 0.3 is 0 Å². The number of carbonyl (C=O) groups excluding carboxylic acids is 2. The quantitative estimate of drug-likeness (QED) is 0.706. The number of amides is 2. The molecule has 2 aromatic heterocycles. The number of aromatic nitrogens is 2. The molecule has 1 aliphatic rings. The standard InChI is InChI=1S/C20H20N4O4/c25-17-4-1-3-14(9-17)20(27)23-12-15-6-7-22-24(15)16(13-23)10-19(26)21-11-18-5-2-8-28-18/h1-9,16,25H,10-13H2,(H,21,26)/t16-/m1/s1. The van der Waals surface area contributed by atoms with Crippen LogP contribution in [-0.2, 0) is 17.9 Å². The lowest BCUT2D eigenvalue weighted by atomic mass is 10.1. The molecule has 8 heteroatoms. The summed E-state index contributed by atoms with van der Waals surface area (Å²) < 4.78 is 7.02.